The third-order valence-corrected chi connectivity index (χ3v) is 8.61. The summed E-state index contributed by atoms with van der Waals surface area (Å²) in [6.07, 6.45) is 23.0. The maximum Gasteiger partial charge on any atom is 0.338 e. The van der Waals surface area contributed by atoms with Gasteiger partial charge in [-0.05, 0) is 76.1 Å². The number of hydrogen-bond donors (Lipinski definition) is 0. The quantitative estimate of drug-likeness (QED) is 0.0633. The molecular formula is C38H68N2O4. The zero-order valence-electron chi connectivity index (χ0n) is 29.2. The van der Waals surface area contributed by atoms with Gasteiger partial charge in [-0.1, -0.05) is 118 Å². The Morgan fingerprint density at radius 2 is 0.750 bits per heavy atom. The van der Waals surface area contributed by atoms with Crippen molar-refractivity contribution in [2.75, 3.05) is 52.5 Å². The lowest BCUT2D eigenvalue weighted by molar-refractivity contribution is 0.0474. The Balaban J connectivity index is 2.17. The van der Waals surface area contributed by atoms with Crippen LogP contribution in [0.15, 0.2) is 24.3 Å². The average molecular weight is 617 g/mol. The minimum atomic E-state index is -0.341. The molecule has 0 N–H and O–H groups in total. The van der Waals surface area contributed by atoms with Crippen LogP contribution in [-0.2, 0) is 9.47 Å². The van der Waals surface area contributed by atoms with E-state index in [1.165, 1.54) is 103 Å². The molecule has 6 heteroatoms. The van der Waals surface area contributed by atoms with Gasteiger partial charge in [-0.3, -0.25) is 0 Å². The molecule has 0 aliphatic rings. The number of ether oxygens (including phenoxy) is 2. The van der Waals surface area contributed by atoms with E-state index in [9.17, 15) is 9.59 Å². The molecule has 0 bridgehead atoms. The fraction of sp³-hybridized carbons (Fsp3) is 0.789. The summed E-state index contributed by atoms with van der Waals surface area (Å²) in [6, 6.07) is 6.62. The van der Waals surface area contributed by atoms with Crippen molar-refractivity contribution < 1.29 is 19.1 Å². The summed E-state index contributed by atoms with van der Waals surface area (Å²) >= 11 is 0. The van der Waals surface area contributed by atoms with Gasteiger partial charge in [0.25, 0.3) is 0 Å². The fourth-order valence-corrected chi connectivity index (χ4v) is 5.61. The molecule has 0 heterocycles. The Hall–Kier alpha value is -1.92. The van der Waals surface area contributed by atoms with Crippen molar-refractivity contribution in [2.24, 2.45) is 0 Å². The van der Waals surface area contributed by atoms with E-state index >= 15 is 0 Å². The van der Waals surface area contributed by atoms with Crippen molar-refractivity contribution in [3.63, 3.8) is 0 Å². The summed E-state index contributed by atoms with van der Waals surface area (Å²) in [5.74, 6) is -0.681. The number of hydrogen-bond acceptors (Lipinski definition) is 6. The van der Waals surface area contributed by atoms with E-state index < -0.39 is 0 Å². The van der Waals surface area contributed by atoms with E-state index in [-0.39, 0.29) is 11.9 Å². The highest BCUT2D eigenvalue weighted by molar-refractivity contribution is 5.93. The molecule has 254 valence electrons. The monoisotopic (exact) mass is 617 g/mol. The van der Waals surface area contributed by atoms with Crippen molar-refractivity contribution in [1.82, 2.24) is 9.80 Å². The highest BCUT2D eigenvalue weighted by Crippen LogP contribution is 2.12. The van der Waals surface area contributed by atoms with Crippen molar-refractivity contribution in [1.29, 1.82) is 0 Å². The van der Waals surface area contributed by atoms with E-state index in [1.807, 2.05) is 0 Å². The molecule has 1 aromatic rings. The molecule has 6 nitrogen and oxygen atoms in total. The SMILES string of the molecule is CCCCCCCCCCN(CC)CCCOC(=O)c1ccc(C(=O)OCCCN(CC)CCCCCCCCCC)cc1. The molecule has 0 spiro atoms. The van der Waals surface area contributed by atoms with Gasteiger partial charge < -0.3 is 19.3 Å². The minimum Gasteiger partial charge on any atom is -0.462 e. The second kappa shape index (κ2) is 28.5. The van der Waals surface area contributed by atoms with E-state index in [4.69, 9.17) is 9.47 Å². The number of nitrogens with zero attached hydrogens (tertiary/aromatic N) is 2. The van der Waals surface area contributed by atoms with Gasteiger partial charge in [-0.25, -0.2) is 9.59 Å². The summed E-state index contributed by atoms with van der Waals surface area (Å²) in [7, 11) is 0. The standard InChI is InChI=1S/C38H68N2O4/c1-5-9-11-13-15-17-19-21-29-39(7-3)31-23-33-43-37(41)35-25-27-36(28-26-35)38(42)44-34-24-32-40(8-4)30-22-20-18-16-14-12-10-6-2/h25-28H,5-24,29-34H2,1-4H3. The third kappa shape index (κ3) is 20.9. The molecule has 0 fully saturated rings. The average Bonchev–Trinajstić information content (AvgIpc) is 3.05. The maximum atomic E-state index is 12.5. The number of rotatable bonds is 30. The zero-order chi connectivity index (χ0) is 32.1. The highest BCUT2D eigenvalue weighted by atomic mass is 16.5. The number of carbonyl (C=O) groups excluding carboxylic acids is 2. The van der Waals surface area contributed by atoms with Crippen LogP contribution in [0.4, 0.5) is 0 Å². The Labute approximate surface area is 271 Å². The molecule has 0 aromatic heterocycles. The van der Waals surface area contributed by atoms with Gasteiger partial charge in [0.15, 0.2) is 0 Å². The van der Waals surface area contributed by atoms with Gasteiger partial charge in [-0.2, -0.15) is 0 Å². The molecule has 0 radical (unpaired) electrons. The Morgan fingerprint density at radius 1 is 0.455 bits per heavy atom. The molecule has 0 amide bonds. The fourth-order valence-electron chi connectivity index (χ4n) is 5.61. The second-order valence-electron chi connectivity index (χ2n) is 12.4. The number of carbonyl (C=O) groups is 2. The van der Waals surface area contributed by atoms with Gasteiger partial charge >= 0.3 is 11.9 Å². The van der Waals surface area contributed by atoms with Crippen LogP contribution >= 0.6 is 0 Å². The minimum absolute atomic E-state index is 0.341. The predicted molar refractivity (Wildman–Crippen MR) is 186 cm³/mol. The van der Waals surface area contributed by atoms with Crippen LogP contribution in [0, 0.1) is 0 Å². The molecule has 0 aliphatic carbocycles. The van der Waals surface area contributed by atoms with Crippen molar-refractivity contribution in [3.8, 4) is 0 Å². The molecule has 0 saturated carbocycles. The van der Waals surface area contributed by atoms with E-state index in [1.54, 1.807) is 24.3 Å². The number of benzene rings is 1. The lowest BCUT2D eigenvalue weighted by Gasteiger charge is -2.20. The highest BCUT2D eigenvalue weighted by Gasteiger charge is 2.12. The van der Waals surface area contributed by atoms with Gasteiger partial charge in [0.2, 0.25) is 0 Å². The predicted octanol–water partition coefficient (Wildman–Crippen LogP) is 9.71. The Morgan fingerprint density at radius 3 is 1.07 bits per heavy atom. The molecule has 0 unspecified atom stereocenters. The van der Waals surface area contributed by atoms with Crippen LogP contribution in [0.1, 0.15) is 164 Å². The maximum absolute atomic E-state index is 12.5. The van der Waals surface area contributed by atoms with E-state index in [0.717, 1.165) is 52.1 Å². The third-order valence-electron chi connectivity index (χ3n) is 8.61. The first-order chi connectivity index (χ1) is 21.5. The molecule has 1 aromatic carbocycles. The van der Waals surface area contributed by atoms with Crippen LogP contribution in [-0.4, -0.2) is 74.2 Å². The molecule has 44 heavy (non-hydrogen) atoms. The molecular weight excluding hydrogens is 548 g/mol. The van der Waals surface area contributed by atoms with Gasteiger partial charge in [-0.15, -0.1) is 0 Å². The Bertz CT molecular complexity index is 747. The van der Waals surface area contributed by atoms with Gasteiger partial charge in [0.05, 0.1) is 24.3 Å². The smallest absolute Gasteiger partial charge is 0.338 e. The van der Waals surface area contributed by atoms with Crippen LogP contribution < -0.4 is 0 Å². The zero-order valence-corrected chi connectivity index (χ0v) is 29.2. The molecule has 0 saturated heterocycles. The second-order valence-corrected chi connectivity index (χ2v) is 12.4. The number of unbranched alkanes of at least 4 members (excludes halogenated alkanes) is 14. The normalized spacial score (nSPS) is 11.4. The van der Waals surface area contributed by atoms with Gasteiger partial charge in [0.1, 0.15) is 0 Å². The van der Waals surface area contributed by atoms with Crippen LogP contribution in [0.3, 0.4) is 0 Å². The lowest BCUT2D eigenvalue weighted by atomic mass is 10.1. The van der Waals surface area contributed by atoms with Crippen LogP contribution in [0.2, 0.25) is 0 Å². The van der Waals surface area contributed by atoms with E-state index in [2.05, 4.69) is 37.5 Å². The summed E-state index contributed by atoms with van der Waals surface area (Å²) in [4.78, 5) is 29.9. The van der Waals surface area contributed by atoms with Crippen molar-refractivity contribution in [3.05, 3.63) is 35.4 Å². The largest absolute Gasteiger partial charge is 0.462 e. The molecule has 0 atom stereocenters. The number of esters is 2. The summed E-state index contributed by atoms with van der Waals surface area (Å²) in [5, 5.41) is 0. The summed E-state index contributed by atoms with van der Waals surface area (Å²) < 4.78 is 11.0. The topological polar surface area (TPSA) is 59.1 Å². The first-order valence-corrected chi connectivity index (χ1v) is 18.4. The Kier molecular flexibility index (Phi) is 26.0. The van der Waals surface area contributed by atoms with Crippen LogP contribution in [0.25, 0.3) is 0 Å². The van der Waals surface area contributed by atoms with Gasteiger partial charge in [0, 0.05) is 13.1 Å². The molecule has 0 aliphatic heterocycles. The lowest BCUT2D eigenvalue weighted by Crippen LogP contribution is -2.27. The molecule has 1 rings (SSSR count). The van der Waals surface area contributed by atoms with Crippen LogP contribution in [0.5, 0.6) is 0 Å². The first kappa shape index (κ1) is 40.1. The summed E-state index contributed by atoms with van der Waals surface area (Å²) in [6.45, 7) is 15.9. The first-order valence-electron chi connectivity index (χ1n) is 18.4. The van der Waals surface area contributed by atoms with Crippen molar-refractivity contribution >= 4 is 11.9 Å². The van der Waals surface area contributed by atoms with Crippen molar-refractivity contribution in [2.45, 2.75) is 143 Å². The summed E-state index contributed by atoms with van der Waals surface area (Å²) in [5.41, 5.74) is 0.930. The van der Waals surface area contributed by atoms with E-state index in [0.29, 0.717) is 24.3 Å².